The summed E-state index contributed by atoms with van der Waals surface area (Å²) in [5.74, 6) is -1.77. The number of aliphatic hydroxyl groups is 1. The zero-order valence-electron chi connectivity index (χ0n) is 18.3. The van der Waals surface area contributed by atoms with Gasteiger partial charge in [-0.2, -0.15) is 0 Å². The number of aromatic nitrogens is 2. The first-order valence-corrected chi connectivity index (χ1v) is 13.8. The summed E-state index contributed by atoms with van der Waals surface area (Å²) in [6.45, 7) is 0. The predicted octanol–water partition coefficient (Wildman–Crippen LogP) is 7.82. The maximum Gasteiger partial charge on any atom is 0.296 e. The van der Waals surface area contributed by atoms with Crippen LogP contribution in [0.5, 0.6) is 0 Å². The molecule has 1 unspecified atom stereocenters. The van der Waals surface area contributed by atoms with E-state index in [-0.39, 0.29) is 21.5 Å². The van der Waals surface area contributed by atoms with Crippen LogP contribution < -0.4 is 4.90 Å². The van der Waals surface area contributed by atoms with Crippen molar-refractivity contribution in [3.8, 4) is 0 Å². The van der Waals surface area contributed by atoms with E-state index in [9.17, 15) is 14.7 Å². The van der Waals surface area contributed by atoms with E-state index in [0.717, 1.165) is 16.9 Å². The summed E-state index contributed by atoms with van der Waals surface area (Å²) < 4.78 is 5.78. The molecule has 13 heteroatoms. The Balaban J connectivity index is 1.51. The molecule has 0 saturated heterocycles. The lowest BCUT2D eigenvalue weighted by molar-refractivity contribution is -0.117. The number of Topliss-reactive ketones (excluding diaryl/α,β-unsaturated/α-hetero) is 1. The van der Waals surface area contributed by atoms with Gasteiger partial charge >= 0.3 is 0 Å². The molecule has 1 amide bonds. The molecular formula is C24H13Cl4N3O4S2. The minimum absolute atomic E-state index is 0.0420. The van der Waals surface area contributed by atoms with Crippen molar-refractivity contribution in [1.82, 2.24) is 10.2 Å². The molecular weight excluding hydrogens is 600 g/mol. The van der Waals surface area contributed by atoms with Crippen LogP contribution in [0.3, 0.4) is 0 Å². The molecule has 3 heterocycles. The molecule has 0 spiro atoms. The van der Waals surface area contributed by atoms with Crippen LogP contribution in [-0.2, 0) is 10.5 Å². The minimum Gasteiger partial charge on any atom is -0.503 e. The van der Waals surface area contributed by atoms with Crippen LogP contribution in [0.15, 0.2) is 74.9 Å². The lowest BCUT2D eigenvalue weighted by Crippen LogP contribution is -2.31. The largest absolute Gasteiger partial charge is 0.503 e. The molecule has 0 radical (unpaired) electrons. The molecule has 7 nitrogen and oxygen atoms in total. The summed E-state index contributed by atoms with van der Waals surface area (Å²) >= 11 is 27.3. The molecule has 2 aromatic carbocycles. The molecule has 4 aromatic rings. The third kappa shape index (κ3) is 5.12. The van der Waals surface area contributed by atoms with Gasteiger partial charge in [0, 0.05) is 25.8 Å². The Kier molecular flexibility index (Phi) is 7.53. The first-order chi connectivity index (χ1) is 17.7. The molecule has 5 rings (SSSR count). The SMILES string of the molecule is O=C(C1=C(O)C(=O)N(c2nnc(SCc3ccc(Cl)cc3Cl)s2)C1c1ccc(Cl)cc1Cl)c1ccco1. The molecule has 1 atom stereocenters. The zero-order valence-corrected chi connectivity index (χ0v) is 23.0. The topological polar surface area (TPSA) is 96.5 Å². The number of hydrogen-bond acceptors (Lipinski definition) is 8. The molecule has 1 aliphatic heterocycles. The van der Waals surface area contributed by atoms with Crippen molar-refractivity contribution in [1.29, 1.82) is 0 Å². The van der Waals surface area contributed by atoms with Gasteiger partial charge in [-0.25, -0.2) is 0 Å². The summed E-state index contributed by atoms with van der Waals surface area (Å²) in [7, 11) is 0. The highest BCUT2D eigenvalue weighted by Gasteiger charge is 2.47. The highest BCUT2D eigenvalue weighted by atomic mass is 35.5. The van der Waals surface area contributed by atoms with Gasteiger partial charge in [0.1, 0.15) is 0 Å². The Morgan fingerprint density at radius 2 is 1.78 bits per heavy atom. The van der Waals surface area contributed by atoms with Crippen LogP contribution in [0.2, 0.25) is 20.1 Å². The third-order valence-electron chi connectivity index (χ3n) is 5.42. The van der Waals surface area contributed by atoms with E-state index in [4.69, 9.17) is 50.8 Å². The van der Waals surface area contributed by atoms with Gasteiger partial charge in [0.2, 0.25) is 10.9 Å². The number of halogens is 4. The molecule has 0 bridgehead atoms. The third-order valence-corrected chi connectivity index (χ3v) is 8.68. The quantitative estimate of drug-likeness (QED) is 0.129. The van der Waals surface area contributed by atoms with Crippen molar-refractivity contribution in [2.24, 2.45) is 0 Å². The molecule has 0 saturated carbocycles. The molecule has 1 N–H and O–H groups in total. The van der Waals surface area contributed by atoms with Crippen LogP contribution in [0, 0.1) is 0 Å². The van der Waals surface area contributed by atoms with Gasteiger partial charge in [-0.1, -0.05) is 81.6 Å². The molecule has 0 fully saturated rings. The lowest BCUT2D eigenvalue weighted by Gasteiger charge is -2.24. The number of benzene rings is 2. The fourth-order valence-corrected chi connectivity index (χ4v) is 6.67. The first kappa shape index (κ1) is 26.1. The van der Waals surface area contributed by atoms with E-state index in [1.807, 2.05) is 6.07 Å². The zero-order chi connectivity index (χ0) is 26.3. The maximum atomic E-state index is 13.3. The summed E-state index contributed by atoms with van der Waals surface area (Å²) in [5.41, 5.74) is 1.03. The minimum atomic E-state index is -1.09. The molecule has 2 aromatic heterocycles. The Hall–Kier alpha value is -2.53. The Morgan fingerprint density at radius 1 is 1.05 bits per heavy atom. The Labute approximate surface area is 238 Å². The van der Waals surface area contributed by atoms with Gasteiger partial charge in [0.15, 0.2) is 15.9 Å². The standard InChI is InChI=1S/C24H13Cl4N3O4S2/c25-12-4-3-11(15(27)8-12)10-36-24-30-29-23(37-24)31-19(14-6-5-13(26)9-16(14)28)18(21(33)22(31)34)20(32)17-2-1-7-35-17/h1-9,19,33H,10H2. The average molecular weight is 613 g/mol. The van der Waals surface area contributed by atoms with Crippen molar-refractivity contribution in [3.63, 3.8) is 0 Å². The summed E-state index contributed by atoms with van der Waals surface area (Å²) in [4.78, 5) is 27.8. The average Bonchev–Trinajstić information content (AvgIpc) is 3.60. The van der Waals surface area contributed by atoms with E-state index >= 15 is 0 Å². The van der Waals surface area contributed by atoms with Crippen LogP contribution in [0.25, 0.3) is 0 Å². The van der Waals surface area contributed by atoms with Crippen molar-refractivity contribution in [3.05, 3.63) is 103 Å². The van der Waals surface area contributed by atoms with E-state index in [2.05, 4.69) is 10.2 Å². The van der Waals surface area contributed by atoms with Crippen molar-refractivity contribution >= 4 is 86.3 Å². The number of amides is 1. The number of carbonyl (C=O) groups is 2. The van der Waals surface area contributed by atoms with E-state index in [1.165, 1.54) is 41.1 Å². The second-order valence-electron chi connectivity index (χ2n) is 7.69. The van der Waals surface area contributed by atoms with Gasteiger partial charge in [0.25, 0.3) is 5.91 Å². The number of thioether (sulfide) groups is 1. The number of rotatable bonds is 7. The summed E-state index contributed by atoms with van der Waals surface area (Å²) in [6.07, 6.45) is 1.32. The van der Waals surface area contributed by atoms with Gasteiger partial charge in [-0.3, -0.25) is 14.5 Å². The number of nitrogens with zero attached hydrogens (tertiary/aromatic N) is 3. The normalized spacial score (nSPS) is 15.6. The number of anilines is 1. The second kappa shape index (κ2) is 10.7. The van der Waals surface area contributed by atoms with Crippen molar-refractivity contribution in [2.75, 3.05) is 4.90 Å². The molecule has 37 heavy (non-hydrogen) atoms. The number of aliphatic hydroxyl groups excluding tert-OH is 1. The summed E-state index contributed by atoms with van der Waals surface area (Å²) in [5, 5.41) is 21.0. The fourth-order valence-electron chi connectivity index (χ4n) is 3.73. The molecule has 0 aliphatic carbocycles. The van der Waals surface area contributed by atoms with Gasteiger partial charge < -0.3 is 9.52 Å². The first-order valence-electron chi connectivity index (χ1n) is 10.4. The van der Waals surface area contributed by atoms with Crippen LogP contribution in [0.4, 0.5) is 5.13 Å². The van der Waals surface area contributed by atoms with E-state index < -0.39 is 23.5 Å². The Bertz CT molecular complexity index is 1560. The lowest BCUT2D eigenvalue weighted by atomic mass is 9.95. The smallest absolute Gasteiger partial charge is 0.296 e. The van der Waals surface area contributed by atoms with Crippen LogP contribution in [-0.4, -0.2) is 27.0 Å². The second-order valence-corrected chi connectivity index (χ2v) is 11.6. The number of hydrogen-bond donors (Lipinski definition) is 1. The number of ketones is 1. The van der Waals surface area contributed by atoms with E-state index in [0.29, 0.717) is 30.7 Å². The van der Waals surface area contributed by atoms with Gasteiger partial charge in [-0.05, 0) is 47.5 Å². The van der Waals surface area contributed by atoms with E-state index in [1.54, 1.807) is 24.3 Å². The van der Waals surface area contributed by atoms with Crippen LogP contribution >= 0.6 is 69.5 Å². The van der Waals surface area contributed by atoms with Gasteiger partial charge in [0.05, 0.1) is 17.9 Å². The predicted molar refractivity (Wildman–Crippen MR) is 145 cm³/mol. The molecule has 188 valence electrons. The highest BCUT2D eigenvalue weighted by Crippen LogP contribution is 2.46. The van der Waals surface area contributed by atoms with Crippen LogP contribution in [0.1, 0.15) is 27.7 Å². The fraction of sp³-hybridized carbons (Fsp3) is 0.0833. The Morgan fingerprint density at radius 3 is 2.46 bits per heavy atom. The maximum absolute atomic E-state index is 13.3. The highest BCUT2D eigenvalue weighted by molar-refractivity contribution is 8.00. The number of furan rings is 1. The summed E-state index contributed by atoms with van der Waals surface area (Å²) in [6, 6.07) is 11.7. The molecule has 1 aliphatic rings. The number of carbonyl (C=O) groups excluding carboxylic acids is 2. The monoisotopic (exact) mass is 611 g/mol. The van der Waals surface area contributed by atoms with Crippen molar-refractivity contribution < 1.29 is 19.1 Å². The van der Waals surface area contributed by atoms with Crippen molar-refractivity contribution in [2.45, 2.75) is 16.1 Å². The van der Waals surface area contributed by atoms with Gasteiger partial charge in [-0.15, -0.1) is 10.2 Å².